The van der Waals surface area contributed by atoms with Crippen LogP contribution in [0.5, 0.6) is 5.75 Å². The van der Waals surface area contributed by atoms with Crippen molar-refractivity contribution >= 4 is 0 Å². The number of ether oxygens (including phenoxy) is 1. The molecule has 2 aliphatic carbocycles. The Kier molecular flexibility index (Phi) is 5.47. The average molecular weight is 370 g/mol. The number of hydrogen-bond acceptors (Lipinski definition) is 1. The van der Waals surface area contributed by atoms with Gasteiger partial charge in [0.2, 0.25) is 0 Å². The Morgan fingerprint density at radius 3 is 2.04 bits per heavy atom. The normalized spacial score (nSPS) is 28.0. The van der Waals surface area contributed by atoms with Gasteiger partial charge in [0.05, 0.1) is 0 Å². The second-order valence-electron chi connectivity index (χ2n) is 8.47. The second-order valence-corrected chi connectivity index (χ2v) is 8.47. The van der Waals surface area contributed by atoms with E-state index in [2.05, 4.69) is 35.9 Å². The summed E-state index contributed by atoms with van der Waals surface area (Å²) in [5, 5.41) is 0. The fraction of sp³-hybridized carbons (Fsp3) is 0.500. The molecule has 0 N–H and O–H groups in total. The standard InChI is InChI=1S/C24H28F2O/c1-16-2-3-22-15-21(9-8-20(22)14-16)19-6-4-17(5-7-19)18-10-12-23(13-11-18)27-24(25)26/h4-7,10-13,16,20-22,24H,2-3,8-9,14-15H2,1H3/t16?,20-,21-,22-/m1/s1. The molecular formula is C24H28F2O. The van der Waals surface area contributed by atoms with E-state index in [0.29, 0.717) is 5.92 Å². The van der Waals surface area contributed by atoms with E-state index in [0.717, 1.165) is 28.9 Å². The fourth-order valence-electron chi connectivity index (χ4n) is 5.20. The topological polar surface area (TPSA) is 9.23 Å². The smallest absolute Gasteiger partial charge is 0.387 e. The highest BCUT2D eigenvalue weighted by molar-refractivity contribution is 5.64. The highest BCUT2D eigenvalue weighted by Gasteiger charge is 2.34. The van der Waals surface area contributed by atoms with Gasteiger partial charge in [-0.05, 0) is 84.6 Å². The molecule has 2 aliphatic rings. The summed E-state index contributed by atoms with van der Waals surface area (Å²) in [5.74, 6) is 3.68. The molecule has 0 spiro atoms. The van der Waals surface area contributed by atoms with Crippen molar-refractivity contribution in [1.82, 2.24) is 0 Å². The Labute approximate surface area is 160 Å². The van der Waals surface area contributed by atoms with E-state index in [4.69, 9.17) is 0 Å². The molecule has 27 heavy (non-hydrogen) atoms. The van der Waals surface area contributed by atoms with E-state index in [9.17, 15) is 8.78 Å². The zero-order valence-corrected chi connectivity index (χ0v) is 15.9. The Balaban J connectivity index is 1.42. The molecule has 4 rings (SSSR count). The molecule has 2 aromatic carbocycles. The summed E-state index contributed by atoms with van der Waals surface area (Å²) < 4.78 is 29.0. The molecular weight excluding hydrogens is 342 g/mol. The number of fused-ring (bicyclic) bond motifs is 1. The number of alkyl halides is 2. The third-order valence-corrected chi connectivity index (χ3v) is 6.67. The van der Waals surface area contributed by atoms with Gasteiger partial charge in [-0.15, -0.1) is 0 Å². The van der Waals surface area contributed by atoms with Crippen molar-refractivity contribution < 1.29 is 13.5 Å². The lowest BCUT2D eigenvalue weighted by atomic mass is 9.64. The Bertz CT molecular complexity index is 738. The molecule has 0 bridgehead atoms. The van der Waals surface area contributed by atoms with Gasteiger partial charge in [0.1, 0.15) is 5.75 Å². The Hall–Kier alpha value is -1.90. The molecule has 0 radical (unpaired) electrons. The fourth-order valence-corrected chi connectivity index (χ4v) is 5.20. The van der Waals surface area contributed by atoms with Crippen LogP contribution in [0.25, 0.3) is 11.1 Å². The molecule has 0 amide bonds. The predicted octanol–water partition coefficient (Wildman–Crippen LogP) is 7.27. The van der Waals surface area contributed by atoms with Gasteiger partial charge in [-0.1, -0.05) is 49.7 Å². The molecule has 1 nitrogen and oxygen atoms in total. The quantitative estimate of drug-likeness (QED) is 0.549. The zero-order valence-electron chi connectivity index (χ0n) is 15.9. The molecule has 0 saturated heterocycles. The van der Waals surface area contributed by atoms with Gasteiger partial charge >= 0.3 is 6.61 Å². The van der Waals surface area contributed by atoms with Crippen LogP contribution in [0.4, 0.5) is 8.78 Å². The first-order valence-corrected chi connectivity index (χ1v) is 10.2. The monoisotopic (exact) mass is 370 g/mol. The van der Waals surface area contributed by atoms with Gasteiger partial charge in [-0.2, -0.15) is 8.78 Å². The van der Waals surface area contributed by atoms with Crippen molar-refractivity contribution in [3.05, 3.63) is 54.1 Å². The van der Waals surface area contributed by atoms with Crippen molar-refractivity contribution in [3.8, 4) is 16.9 Å². The minimum atomic E-state index is -2.78. The van der Waals surface area contributed by atoms with Crippen LogP contribution in [-0.2, 0) is 0 Å². The minimum absolute atomic E-state index is 0.198. The van der Waals surface area contributed by atoms with Crippen LogP contribution in [0, 0.1) is 17.8 Å². The largest absolute Gasteiger partial charge is 0.435 e. The lowest BCUT2D eigenvalue weighted by Gasteiger charge is -2.41. The number of rotatable bonds is 4. The molecule has 4 atom stereocenters. The SMILES string of the molecule is CC1CC[C@@H]2C[C@H](c3ccc(-c4ccc(OC(F)F)cc4)cc3)CC[C@@H]2C1. The zero-order chi connectivity index (χ0) is 18.8. The van der Waals surface area contributed by atoms with E-state index in [1.54, 1.807) is 12.1 Å². The minimum Gasteiger partial charge on any atom is -0.435 e. The highest BCUT2D eigenvalue weighted by atomic mass is 19.3. The molecule has 0 heterocycles. The van der Waals surface area contributed by atoms with Gasteiger partial charge in [0.25, 0.3) is 0 Å². The lowest BCUT2D eigenvalue weighted by Crippen LogP contribution is -2.29. The number of halogens is 2. The molecule has 0 aliphatic heterocycles. The van der Waals surface area contributed by atoms with Crippen molar-refractivity contribution in [3.63, 3.8) is 0 Å². The highest BCUT2D eigenvalue weighted by Crippen LogP contribution is 2.47. The molecule has 3 heteroatoms. The summed E-state index contributed by atoms with van der Waals surface area (Å²) in [7, 11) is 0. The maximum Gasteiger partial charge on any atom is 0.387 e. The van der Waals surface area contributed by atoms with Crippen LogP contribution in [0.15, 0.2) is 48.5 Å². The van der Waals surface area contributed by atoms with Crippen LogP contribution < -0.4 is 4.74 Å². The van der Waals surface area contributed by atoms with Gasteiger partial charge in [0, 0.05) is 0 Å². The van der Waals surface area contributed by atoms with Crippen LogP contribution in [0.2, 0.25) is 0 Å². The molecule has 144 valence electrons. The third kappa shape index (κ3) is 4.34. The first-order valence-electron chi connectivity index (χ1n) is 10.2. The van der Waals surface area contributed by atoms with Crippen LogP contribution in [0.3, 0.4) is 0 Å². The summed E-state index contributed by atoms with van der Waals surface area (Å²) in [6.45, 7) is -0.370. The summed E-state index contributed by atoms with van der Waals surface area (Å²) in [6, 6.07) is 15.7. The average Bonchev–Trinajstić information content (AvgIpc) is 2.68. The number of hydrogen-bond donors (Lipinski definition) is 0. The third-order valence-electron chi connectivity index (χ3n) is 6.67. The molecule has 2 aromatic rings. The van der Waals surface area contributed by atoms with Gasteiger partial charge < -0.3 is 4.74 Å². The second kappa shape index (κ2) is 8.00. The summed E-state index contributed by atoms with van der Waals surface area (Å²) in [5.41, 5.74) is 3.59. The van der Waals surface area contributed by atoms with Crippen molar-refractivity contribution in [2.75, 3.05) is 0 Å². The predicted molar refractivity (Wildman–Crippen MR) is 105 cm³/mol. The maximum atomic E-state index is 12.3. The molecule has 0 aromatic heterocycles. The summed E-state index contributed by atoms with van der Waals surface area (Å²) in [4.78, 5) is 0. The van der Waals surface area contributed by atoms with E-state index in [1.165, 1.54) is 44.1 Å². The summed E-state index contributed by atoms with van der Waals surface area (Å²) >= 11 is 0. The van der Waals surface area contributed by atoms with E-state index in [-0.39, 0.29) is 5.75 Å². The Morgan fingerprint density at radius 2 is 1.37 bits per heavy atom. The molecule has 1 unspecified atom stereocenters. The van der Waals surface area contributed by atoms with Crippen molar-refractivity contribution in [2.24, 2.45) is 17.8 Å². The Morgan fingerprint density at radius 1 is 0.778 bits per heavy atom. The molecule has 2 fully saturated rings. The van der Waals surface area contributed by atoms with E-state index in [1.807, 2.05) is 12.1 Å². The first-order chi connectivity index (χ1) is 13.1. The van der Waals surface area contributed by atoms with Crippen LogP contribution in [-0.4, -0.2) is 6.61 Å². The van der Waals surface area contributed by atoms with Crippen LogP contribution >= 0.6 is 0 Å². The maximum absolute atomic E-state index is 12.3. The van der Waals surface area contributed by atoms with E-state index < -0.39 is 6.61 Å². The van der Waals surface area contributed by atoms with Crippen LogP contribution in [0.1, 0.15) is 56.9 Å². The van der Waals surface area contributed by atoms with Crippen molar-refractivity contribution in [2.45, 2.75) is 58.0 Å². The lowest BCUT2D eigenvalue weighted by molar-refractivity contribution is -0.0498. The first kappa shape index (κ1) is 18.5. The molecule has 2 saturated carbocycles. The van der Waals surface area contributed by atoms with Gasteiger partial charge in [-0.25, -0.2) is 0 Å². The van der Waals surface area contributed by atoms with Crippen molar-refractivity contribution in [1.29, 1.82) is 0 Å². The number of benzene rings is 2. The van der Waals surface area contributed by atoms with E-state index >= 15 is 0 Å². The van der Waals surface area contributed by atoms with Gasteiger partial charge in [0.15, 0.2) is 0 Å². The van der Waals surface area contributed by atoms with Gasteiger partial charge in [-0.3, -0.25) is 0 Å². The summed E-state index contributed by atoms with van der Waals surface area (Å²) in [6.07, 6.45) is 8.28.